The Kier molecular flexibility index (Phi) is 7.66. The van der Waals surface area contributed by atoms with Gasteiger partial charge in [-0.25, -0.2) is 4.39 Å². The Hall–Kier alpha value is -1.17. The fraction of sp³-hybridized carbons (Fsp3) is 0.632. The lowest BCUT2D eigenvalue weighted by Gasteiger charge is -2.36. The average Bonchev–Trinajstić information content (AvgIpc) is 2.62. The number of nitrogens with two attached hydrogens (primary N) is 1. The number of hydrogen-bond acceptors (Lipinski definition) is 3. The molecule has 1 unspecified atom stereocenters. The van der Waals surface area contributed by atoms with Gasteiger partial charge in [0.15, 0.2) is 0 Å². The van der Waals surface area contributed by atoms with Gasteiger partial charge in [-0.1, -0.05) is 12.1 Å². The van der Waals surface area contributed by atoms with Crippen LogP contribution in [0.2, 0.25) is 0 Å². The molecule has 3 rings (SSSR count). The van der Waals surface area contributed by atoms with Crippen molar-refractivity contribution in [1.82, 2.24) is 4.90 Å². The monoisotopic (exact) mass is 370 g/mol. The van der Waals surface area contributed by atoms with Crippen molar-refractivity contribution >= 4 is 18.3 Å². The minimum Gasteiger partial charge on any atom is -0.381 e. The number of halogens is 2. The standard InChI is InChI=1S/C19H27FN2O2.ClH/c20-17-3-1-2-15(13-17)12-14-4-8-22(9-5-14)19(23)18(21)16-6-10-24-11-7-16;/h1-3,13-14,16,18H,4-12,21H2;1H. The van der Waals surface area contributed by atoms with Gasteiger partial charge in [-0.05, 0) is 61.6 Å². The number of hydrogen-bond donors (Lipinski definition) is 1. The Labute approximate surface area is 155 Å². The van der Waals surface area contributed by atoms with Crippen LogP contribution in [0, 0.1) is 17.7 Å². The Bertz CT molecular complexity index is 558. The molecule has 4 nitrogen and oxygen atoms in total. The second-order valence-corrected chi connectivity index (χ2v) is 7.08. The molecule has 0 aromatic heterocycles. The van der Waals surface area contributed by atoms with E-state index in [0.29, 0.717) is 19.1 Å². The maximum atomic E-state index is 13.3. The first-order chi connectivity index (χ1) is 11.6. The third-order valence-electron chi connectivity index (χ3n) is 5.40. The number of carbonyl (C=O) groups excluding carboxylic acids is 1. The van der Waals surface area contributed by atoms with E-state index in [1.807, 2.05) is 11.0 Å². The van der Waals surface area contributed by atoms with Gasteiger partial charge in [0, 0.05) is 26.3 Å². The summed E-state index contributed by atoms with van der Waals surface area (Å²) in [6, 6.07) is 6.42. The molecule has 0 aliphatic carbocycles. The maximum Gasteiger partial charge on any atom is 0.239 e. The van der Waals surface area contributed by atoms with Crippen molar-refractivity contribution in [3.8, 4) is 0 Å². The zero-order valence-electron chi connectivity index (χ0n) is 14.5. The van der Waals surface area contributed by atoms with Crippen molar-refractivity contribution in [1.29, 1.82) is 0 Å². The van der Waals surface area contributed by atoms with Crippen LogP contribution in [0.25, 0.3) is 0 Å². The van der Waals surface area contributed by atoms with Gasteiger partial charge in [-0.15, -0.1) is 12.4 Å². The first kappa shape index (κ1) is 20.1. The highest BCUT2D eigenvalue weighted by Gasteiger charge is 2.31. The molecule has 2 aliphatic heterocycles. The van der Waals surface area contributed by atoms with Crippen LogP contribution in [0.3, 0.4) is 0 Å². The van der Waals surface area contributed by atoms with Gasteiger partial charge < -0.3 is 15.4 Å². The van der Waals surface area contributed by atoms with E-state index >= 15 is 0 Å². The molecule has 1 aromatic rings. The molecular weight excluding hydrogens is 343 g/mol. The molecule has 0 radical (unpaired) electrons. The van der Waals surface area contributed by atoms with Crippen molar-refractivity contribution in [3.05, 3.63) is 35.6 Å². The molecule has 2 saturated heterocycles. The van der Waals surface area contributed by atoms with E-state index in [1.54, 1.807) is 12.1 Å². The summed E-state index contributed by atoms with van der Waals surface area (Å²) in [5.41, 5.74) is 7.25. The minimum absolute atomic E-state index is 0. The zero-order chi connectivity index (χ0) is 16.9. The summed E-state index contributed by atoms with van der Waals surface area (Å²) >= 11 is 0. The molecule has 2 fully saturated rings. The van der Waals surface area contributed by atoms with E-state index in [9.17, 15) is 9.18 Å². The Morgan fingerprint density at radius 2 is 1.92 bits per heavy atom. The molecule has 2 aliphatic rings. The number of rotatable bonds is 4. The number of likely N-dealkylation sites (tertiary alicyclic amines) is 1. The van der Waals surface area contributed by atoms with E-state index in [2.05, 4.69) is 0 Å². The van der Waals surface area contributed by atoms with Crippen LogP contribution in [-0.4, -0.2) is 43.2 Å². The van der Waals surface area contributed by atoms with Gasteiger partial charge in [0.2, 0.25) is 5.91 Å². The largest absolute Gasteiger partial charge is 0.381 e. The van der Waals surface area contributed by atoms with E-state index in [-0.39, 0.29) is 30.0 Å². The van der Waals surface area contributed by atoms with E-state index in [4.69, 9.17) is 10.5 Å². The lowest BCUT2D eigenvalue weighted by atomic mass is 9.88. The molecule has 1 atom stereocenters. The number of benzene rings is 1. The summed E-state index contributed by atoms with van der Waals surface area (Å²) < 4.78 is 18.6. The van der Waals surface area contributed by atoms with Crippen LogP contribution in [0.15, 0.2) is 24.3 Å². The Morgan fingerprint density at radius 3 is 2.56 bits per heavy atom. The highest BCUT2D eigenvalue weighted by atomic mass is 35.5. The zero-order valence-corrected chi connectivity index (χ0v) is 15.3. The highest BCUT2D eigenvalue weighted by molar-refractivity contribution is 5.85. The molecule has 140 valence electrons. The SMILES string of the molecule is Cl.NC(C(=O)N1CCC(Cc2cccc(F)c2)CC1)C1CCOCC1. The lowest BCUT2D eigenvalue weighted by molar-refractivity contribution is -0.136. The molecule has 25 heavy (non-hydrogen) atoms. The fourth-order valence-electron chi connectivity index (χ4n) is 3.84. The predicted molar refractivity (Wildman–Crippen MR) is 98.2 cm³/mol. The molecule has 0 spiro atoms. The summed E-state index contributed by atoms with van der Waals surface area (Å²) in [7, 11) is 0. The van der Waals surface area contributed by atoms with E-state index in [0.717, 1.165) is 50.8 Å². The summed E-state index contributed by atoms with van der Waals surface area (Å²) in [4.78, 5) is 14.5. The van der Waals surface area contributed by atoms with E-state index in [1.165, 1.54) is 6.07 Å². The third kappa shape index (κ3) is 5.40. The van der Waals surface area contributed by atoms with Crippen LogP contribution in [0.4, 0.5) is 4.39 Å². The summed E-state index contributed by atoms with van der Waals surface area (Å²) in [6.45, 7) is 2.94. The Balaban J connectivity index is 0.00000225. The average molecular weight is 371 g/mol. The topological polar surface area (TPSA) is 55.6 Å². The Morgan fingerprint density at radius 1 is 1.24 bits per heavy atom. The maximum absolute atomic E-state index is 13.3. The van der Waals surface area contributed by atoms with Gasteiger partial charge >= 0.3 is 0 Å². The molecule has 0 bridgehead atoms. The molecule has 1 amide bonds. The third-order valence-corrected chi connectivity index (χ3v) is 5.40. The van der Waals surface area contributed by atoms with E-state index < -0.39 is 6.04 Å². The van der Waals surface area contributed by atoms with Crippen molar-refractivity contribution in [2.24, 2.45) is 17.6 Å². The molecule has 1 aromatic carbocycles. The smallest absolute Gasteiger partial charge is 0.239 e. The van der Waals surface area contributed by atoms with Crippen LogP contribution in [-0.2, 0) is 16.0 Å². The number of ether oxygens (including phenoxy) is 1. The lowest BCUT2D eigenvalue weighted by Crippen LogP contribution is -2.51. The normalized spacial score (nSPS) is 20.8. The summed E-state index contributed by atoms with van der Waals surface area (Å²) in [5.74, 6) is 0.667. The van der Waals surface area contributed by atoms with Gasteiger partial charge in [0.05, 0.1) is 6.04 Å². The molecule has 0 saturated carbocycles. The summed E-state index contributed by atoms with van der Waals surface area (Å²) in [5, 5.41) is 0. The fourth-order valence-corrected chi connectivity index (χ4v) is 3.84. The highest BCUT2D eigenvalue weighted by Crippen LogP contribution is 2.24. The number of piperidine rings is 1. The van der Waals surface area contributed by atoms with Crippen molar-refractivity contribution in [3.63, 3.8) is 0 Å². The number of amides is 1. The van der Waals surface area contributed by atoms with Gasteiger partial charge in [0.1, 0.15) is 5.82 Å². The summed E-state index contributed by atoms with van der Waals surface area (Å²) in [6.07, 6.45) is 4.56. The van der Waals surface area contributed by atoms with Gasteiger partial charge in [-0.3, -0.25) is 4.79 Å². The van der Waals surface area contributed by atoms with Crippen LogP contribution < -0.4 is 5.73 Å². The van der Waals surface area contributed by atoms with Crippen molar-refractivity contribution < 1.29 is 13.9 Å². The van der Waals surface area contributed by atoms with Crippen LogP contribution >= 0.6 is 12.4 Å². The van der Waals surface area contributed by atoms with Gasteiger partial charge in [-0.2, -0.15) is 0 Å². The molecule has 2 heterocycles. The second-order valence-electron chi connectivity index (χ2n) is 7.08. The molecule has 6 heteroatoms. The van der Waals surface area contributed by atoms with Gasteiger partial charge in [0.25, 0.3) is 0 Å². The molecular formula is C19H28ClFN2O2. The minimum atomic E-state index is -0.395. The van der Waals surface area contributed by atoms with Crippen LogP contribution in [0.5, 0.6) is 0 Å². The predicted octanol–water partition coefficient (Wildman–Crippen LogP) is 2.78. The number of carbonyl (C=O) groups is 1. The van der Waals surface area contributed by atoms with Crippen LogP contribution in [0.1, 0.15) is 31.2 Å². The number of nitrogens with zero attached hydrogens (tertiary/aromatic N) is 1. The second kappa shape index (κ2) is 9.51. The van der Waals surface area contributed by atoms with Crippen molar-refractivity contribution in [2.75, 3.05) is 26.3 Å². The van der Waals surface area contributed by atoms with Crippen molar-refractivity contribution in [2.45, 2.75) is 38.1 Å². The first-order valence-electron chi connectivity index (χ1n) is 9.00. The molecule has 2 N–H and O–H groups in total. The first-order valence-corrected chi connectivity index (χ1v) is 9.00. The quantitative estimate of drug-likeness (QED) is 0.886.